The second kappa shape index (κ2) is 6.42. The van der Waals surface area contributed by atoms with E-state index in [1.807, 2.05) is 51.1 Å². The average Bonchev–Trinajstić information content (AvgIpc) is 2.71. The Kier molecular flexibility index (Phi) is 4.13. The van der Waals surface area contributed by atoms with Crippen LogP contribution < -0.4 is 14.2 Å². The number of fused-ring (bicyclic) bond motifs is 6. The zero-order valence-electron chi connectivity index (χ0n) is 18.2. The predicted octanol–water partition coefficient (Wildman–Crippen LogP) is 4.67. The monoisotopic (exact) mass is 409 g/mol. The third kappa shape index (κ3) is 2.72. The molecule has 30 heavy (non-hydrogen) atoms. The Hall–Kier alpha value is -2.66. The third-order valence-corrected chi connectivity index (χ3v) is 6.52. The quantitative estimate of drug-likeness (QED) is 0.733. The largest absolute Gasteiger partial charge is 0.584 e. The fraction of sp³-hybridized carbons (Fsp3) is 0.440. The molecular formula is C25H29O5+. The van der Waals surface area contributed by atoms with Gasteiger partial charge >= 0.3 is 0 Å². The molecule has 0 unspecified atom stereocenters. The van der Waals surface area contributed by atoms with E-state index in [9.17, 15) is 5.11 Å². The molecule has 0 radical (unpaired) electrons. The van der Waals surface area contributed by atoms with Gasteiger partial charge in [0.15, 0.2) is 7.11 Å². The van der Waals surface area contributed by atoms with Crippen LogP contribution in [0.2, 0.25) is 0 Å². The van der Waals surface area contributed by atoms with E-state index in [2.05, 4.69) is 17.7 Å². The molecule has 2 aromatic rings. The van der Waals surface area contributed by atoms with Gasteiger partial charge in [0, 0.05) is 16.7 Å². The summed E-state index contributed by atoms with van der Waals surface area (Å²) in [7, 11) is 1.79. The summed E-state index contributed by atoms with van der Waals surface area (Å²) < 4.78 is 23.2. The van der Waals surface area contributed by atoms with E-state index in [1.165, 1.54) is 0 Å². The zero-order valence-corrected chi connectivity index (χ0v) is 18.2. The lowest BCUT2D eigenvalue weighted by molar-refractivity contribution is -0.0663. The summed E-state index contributed by atoms with van der Waals surface area (Å²) in [6, 6.07) is 7.98. The van der Waals surface area contributed by atoms with Crippen molar-refractivity contribution in [3.63, 3.8) is 0 Å². The first-order valence-corrected chi connectivity index (χ1v) is 10.6. The molecule has 0 aromatic heterocycles. The number of hydrogen-bond acceptors (Lipinski definition) is 4. The lowest BCUT2D eigenvalue weighted by Gasteiger charge is -2.48. The highest BCUT2D eigenvalue weighted by Gasteiger charge is 2.52. The Morgan fingerprint density at radius 2 is 1.90 bits per heavy atom. The van der Waals surface area contributed by atoms with E-state index in [0.29, 0.717) is 12.4 Å². The van der Waals surface area contributed by atoms with Gasteiger partial charge in [-0.3, -0.25) is 0 Å². The molecule has 3 aliphatic rings. The minimum atomic E-state index is -0.704. The number of aliphatic hydroxyl groups excluding tert-OH is 1. The molecular weight excluding hydrogens is 380 g/mol. The summed E-state index contributed by atoms with van der Waals surface area (Å²) in [5.41, 5.74) is 2.74. The van der Waals surface area contributed by atoms with Crippen LogP contribution in [0.3, 0.4) is 0 Å². The van der Waals surface area contributed by atoms with Crippen LogP contribution in [0.5, 0.6) is 23.0 Å². The van der Waals surface area contributed by atoms with Crippen LogP contribution in [0.15, 0.2) is 30.3 Å². The fourth-order valence-corrected chi connectivity index (χ4v) is 4.94. The Morgan fingerprint density at radius 3 is 2.63 bits per heavy atom. The fourth-order valence-electron chi connectivity index (χ4n) is 4.94. The topological polar surface area (TPSA) is 60.7 Å². The number of hydrogen-bond donors (Lipinski definition) is 1. The lowest BCUT2D eigenvalue weighted by atomic mass is 9.72. The lowest BCUT2D eigenvalue weighted by Crippen LogP contribution is -2.52. The van der Waals surface area contributed by atoms with Gasteiger partial charge in [-0.2, -0.15) is 0 Å². The van der Waals surface area contributed by atoms with E-state index in [0.717, 1.165) is 45.9 Å². The van der Waals surface area contributed by atoms with Crippen molar-refractivity contribution in [2.45, 2.75) is 57.3 Å². The normalized spacial score (nSPS) is 27.4. The van der Waals surface area contributed by atoms with Crippen LogP contribution in [0.1, 0.15) is 62.0 Å². The second-order valence-electron chi connectivity index (χ2n) is 9.16. The van der Waals surface area contributed by atoms with Crippen molar-refractivity contribution >= 4 is 6.08 Å². The maximum atomic E-state index is 11.5. The van der Waals surface area contributed by atoms with Crippen LogP contribution in [-0.2, 0) is 6.42 Å². The molecule has 5 heteroatoms. The maximum Gasteiger partial charge on any atom is 0.261 e. The number of aliphatic hydroxyl groups is 2. The van der Waals surface area contributed by atoms with Gasteiger partial charge in [-0.15, -0.1) is 0 Å². The van der Waals surface area contributed by atoms with Gasteiger partial charge in [0.1, 0.15) is 35.1 Å². The highest BCUT2D eigenvalue weighted by molar-refractivity contribution is 5.70. The van der Waals surface area contributed by atoms with Crippen LogP contribution >= 0.6 is 0 Å². The number of aryl methyl sites for hydroxylation is 1. The summed E-state index contributed by atoms with van der Waals surface area (Å²) in [4.78, 5) is 0. The molecule has 2 aromatic carbocycles. The zero-order chi connectivity index (χ0) is 21.3. The summed E-state index contributed by atoms with van der Waals surface area (Å²) in [5, 5.41) is 11.5. The first-order chi connectivity index (χ1) is 14.3. The van der Waals surface area contributed by atoms with Gasteiger partial charge in [0.25, 0.3) is 5.75 Å². The molecule has 0 amide bonds. The predicted molar refractivity (Wildman–Crippen MR) is 116 cm³/mol. The van der Waals surface area contributed by atoms with Crippen LogP contribution in [-0.4, -0.2) is 34.8 Å². The van der Waals surface area contributed by atoms with E-state index in [-0.39, 0.29) is 11.5 Å². The Labute approximate surface area is 177 Å². The third-order valence-electron chi connectivity index (χ3n) is 6.52. The van der Waals surface area contributed by atoms with Crippen LogP contribution in [0, 0.1) is 0 Å². The maximum absolute atomic E-state index is 11.5. The Bertz CT molecular complexity index is 1050. The van der Waals surface area contributed by atoms with E-state index >= 15 is 0 Å². The molecule has 0 bridgehead atoms. The van der Waals surface area contributed by atoms with E-state index in [4.69, 9.17) is 14.2 Å². The van der Waals surface area contributed by atoms with Crippen LogP contribution in [0.4, 0.5) is 0 Å². The molecule has 0 saturated carbocycles. The molecule has 3 heterocycles. The number of rotatable bonds is 2. The number of benzene rings is 2. The molecule has 3 aliphatic heterocycles. The van der Waals surface area contributed by atoms with Gasteiger partial charge in [-0.05, 0) is 57.5 Å². The molecule has 0 spiro atoms. The summed E-state index contributed by atoms with van der Waals surface area (Å²) >= 11 is 0. The molecule has 0 aliphatic carbocycles. The summed E-state index contributed by atoms with van der Waals surface area (Å²) in [6.07, 6.45) is 4.22. The SMILES string of the molecule is CCc1cc2c(cc1[OH+]C)OC[C@@]1(C)Oc3c(ccc4c3C=CC(C)(C)O4)[C@@H](O)[C@@H]21. The second-order valence-corrected chi connectivity index (χ2v) is 9.16. The van der Waals surface area contributed by atoms with Crippen molar-refractivity contribution < 1.29 is 24.1 Å². The van der Waals surface area contributed by atoms with Crippen LogP contribution in [0.25, 0.3) is 6.08 Å². The smallest absolute Gasteiger partial charge is 0.261 e. The molecule has 5 nitrogen and oxygen atoms in total. The average molecular weight is 410 g/mol. The number of ether oxygens (including phenoxy) is 4. The summed E-state index contributed by atoms with van der Waals surface area (Å²) in [6.45, 7) is 8.53. The van der Waals surface area contributed by atoms with Crippen molar-refractivity contribution in [3.05, 3.63) is 52.6 Å². The van der Waals surface area contributed by atoms with Crippen molar-refractivity contribution in [3.8, 4) is 23.0 Å². The molecule has 0 fully saturated rings. The highest BCUT2D eigenvalue weighted by atomic mass is 16.6. The summed E-state index contributed by atoms with van der Waals surface area (Å²) in [5.74, 6) is 2.95. The van der Waals surface area contributed by atoms with Crippen molar-refractivity contribution in [1.82, 2.24) is 0 Å². The molecule has 0 saturated heterocycles. The van der Waals surface area contributed by atoms with Crippen molar-refractivity contribution in [1.29, 1.82) is 0 Å². The number of aromatic hydroxyl groups is 1. The first kappa shape index (κ1) is 19.3. The minimum Gasteiger partial charge on any atom is -0.584 e. The van der Waals surface area contributed by atoms with E-state index in [1.54, 1.807) is 7.11 Å². The van der Waals surface area contributed by atoms with Gasteiger partial charge in [0.05, 0.1) is 23.7 Å². The highest BCUT2D eigenvalue weighted by Crippen LogP contribution is 2.56. The van der Waals surface area contributed by atoms with Gasteiger partial charge < -0.3 is 24.1 Å². The molecule has 158 valence electrons. The van der Waals surface area contributed by atoms with Gasteiger partial charge in [-0.25, -0.2) is 0 Å². The Balaban J connectivity index is 1.65. The Morgan fingerprint density at radius 1 is 1.10 bits per heavy atom. The van der Waals surface area contributed by atoms with E-state index < -0.39 is 11.7 Å². The van der Waals surface area contributed by atoms with Gasteiger partial charge in [0.2, 0.25) is 0 Å². The molecule has 5 rings (SSSR count). The molecule has 3 atom stereocenters. The minimum absolute atomic E-state index is 0.229. The molecule has 2 N–H and O–H groups in total. The van der Waals surface area contributed by atoms with Crippen molar-refractivity contribution in [2.75, 3.05) is 13.7 Å². The van der Waals surface area contributed by atoms with Gasteiger partial charge in [-0.1, -0.05) is 6.92 Å². The first-order valence-electron chi connectivity index (χ1n) is 10.6. The van der Waals surface area contributed by atoms with Crippen molar-refractivity contribution in [2.24, 2.45) is 0 Å². The standard InChI is InChI=1S/C25H28O5/c1-6-14-11-17-20(12-19(14)27-5)28-13-25(4)21(17)22(26)16-7-8-18-15(23(16)30-25)9-10-24(2,3)29-18/h7-12,21-22,26H,6,13H2,1-5H3/p+1/t21-,22-,25-/m1/s1.